The van der Waals surface area contributed by atoms with E-state index in [-0.39, 0.29) is 12.0 Å². The molecule has 0 unspecified atom stereocenters. The minimum atomic E-state index is -1.15. The van der Waals surface area contributed by atoms with Gasteiger partial charge in [-0.3, -0.25) is 9.88 Å². The molecule has 0 radical (unpaired) electrons. The number of nitrogens with zero attached hydrogens (tertiary/aromatic N) is 4. The van der Waals surface area contributed by atoms with Crippen LogP contribution in [0.15, 0.2) is 42.9 Å². The summed E-state index contributed by atoms with van der Waals surface area (Å²) >= 11 is 0. The average Bonchev–Trinajstić information content (AvgIpc) is 3.39. The Bertz CT molecular complexity index is 1210. The third-order valence-corrected chi connectivity index (χ3v) is 6.51. The number of ether oxygens (including phenoxy) is 2. The van der Waals surface area contributed by atoms with Gasteiger partial charge in [0.15, 0.2) is 11.9 Å². The van der Waals surface area contributed by atoms with Crippen LogP contribution in [0.4, 0.5) is 16.2 Å². The van der Waals surface area contributed by atoms with Crippen molar-refractivity contribution in [2.24, 2.45) is 0 Å². The second-order valence-corrected chi connectivity index (χ2v) is 10.5. The van der Waals surface area contributed by atoms with Gasteiger partial charge in [-0.2, -0.15) is 0 Å². The van der Waals surface area contributed by atoms with Crippen LogP contribution in [0.1, 0.15) is 39.0 Å². The number of nitrogens with one attached hydrogen (secondary N) is 1. The molecule has 200 valence electrons. The number of aromatic nitrogens is 3. The van der Waals surface area contributed by atoms with E-state index in [1.165, 1.54) is 11.9 Å². The number of amides is 1. The predicted molar refractivity (Wildman–Crippen MR) is 140 cm³/mol. The average molecular weight is 513 g/mol. The molecule has 3 aromatic rings. The number of likely N-dealkylation sites (N-methyl/N-ethyl adjacent to an activating group) is 1. The van der Waals surface area contributed by atoms with Gasteiger partial charge in [-0.05, 0) is 42.6 Å². The summed E-state index contributed by atoms with van der Waals surface area (Å²) in [5.41, 5.74) is 9.32. The van der Waals surface area contributed by atoms with E-state index in [4.69, 9.17) is 15.2 Å². The number of fused-ring (bicyclic) bond motifs is 1. The molecule has 4 atom stereocenters. The molecule has 0 bridgehead atoms. The zero-order valence-corrected chi connectivity index (χ0v) is 21.7. The lowest BCUT2D eigenvalue weighted by molar-refractivity contribution is -0.0424. The summed E-state index contributed by atoms with van der Waals surface area (Å²) in [6.45, 7) is 7.63. The Morgan fingerprint density at radius 2 is 1.92 bits per heavy atom. The number of nitrogen functional groups attached to an aromatic ring is 1. The van der Waals surface area contributed by atoms with Crippen LogP contribution in [0.5, 0.6) is 0 Å². The Morgan fingerprint density at radius 3 is 2.62 bits per heavy atom. The first-order valence-electron chi connectivity index (χ1n) is 12.4. The van der Waals surface area contributed by atoms with Crippen molar-refractivity contribution in [1.82, 2.24) is 19.4 Å². The molecule has 11 nitrogen and oxygen atoms in total. The Labute approximate surface area is 216 Å². The van der Waals surface area contributed by atoms with Crippen LogP contribution in [0.2, 0.25) is 0 Å². The fourth-order valence-corrected chi connectivity index (χ4v) is 4.35. The molecule has 11 heteroatoms. The molecule has 0 saturated carbocycles. The number of hydrogen-bond donors (Lipinski definition) is 4. The van der Waals surface area contributed by atoms with E-state index >= 15 is 0 Å². The van der Waals surface area contributed by atoms with Crippen LogP contribution in [-0.2, 0) is 14.9 Å². The fraction of sp³-hybridized carbons (Fsp3) is 0.500. The molecule has 1 aromatic carbocycles. The Hall–Kier alpha value is -3.25. The van der Waals surface area contributed by atoms with Crippen molar-refractivity contribution in [1.29, 1.82) is 0 Å². The Morgan fingerprint density at radius 1 is 1.19 bits per heavy atom. The topological polar surface area (TPSA) is 148 Å². The lowest BCUT2D eigenvalue weighted by Crippen LogP contribution is -2.39. The van der Waals surface area contributed by atoms with Crippen LogP contribution < -0.4 is 11.1 Å². The number of imidazole rings is 1. The van der Waals surface area contributed by atoms with Gasteiger partial charge >= 0.3 is 6.09 Å². The van der Waals surface area contributed by atoms with Gasteiger partial charge in [0.1, 0.15) is 23.8 Å². The third kappa shape index (κ3) is 6.19. The molecule has 1 fully saturated rings. The summed E-state index contributed by atoms with van der Waals surface area (Å²) in [7, 11) is 1.88. The highest BCUT2D eigenvalue weighted by molar-refractivity contribution is 5.84. The quantitative estimate of drug-likeness (QED) is 0.334. The number of aliphatic hydroxyl groups excluding tert-OH is 2. The van der Waals surface area contributed by atoms with E-state index in [1.54, 1.807) is 16.8 Å². The highest BCUT2D eigenvalue weighted by atomic mass is 16.6. The maximum Gasteiger partial charge on any atom is 0.411 e. The number of aliphatic hydroxyl groups is 2. The summed E-state index contributed by atoms with van der Waals surface area (Å²) < 4.78 is 12.9. The van der Waals surface area contributed by atoms with Gasteiger partial charge in [-0.1, -0.05) is 32.9 Å². The molecule has 0 aliphatic carbocycles. The minimum absolute atomic E-state index is 0.0449. The van der Waals surface area contributed by atoms with Crippen LogP contribution in [0.25, 0.3) is 11.2 Å². The Balaban J connectivity index is 1.21. The van der Waals surface area contributed by atoms with Crippen molar-refractivity contribution in [2.45, 2.75) is 57.1 Å². The van der Waals surface area contributed by atoms with Gasteiger partial charge in [0.25, 0.3) is 0 Å². The van der Waals surface area contributed by atoms with Gasteiger partial charge in [0.05, 0.1) is 18.6 Å². The van der Waals surface area contributed by atoms with Crippen LogP contribution in [-0.4, -0.2) is 80.8 Å². The predicted octanol–water partition coefficient (Wildman–Crippen LogP) is 2.50. The highest BCUT2D eigenvalue weighted by Crippen LogP contribution is 2.32. The van der Waals surface area contributed by atoms with Crippen molar-refractivity contribution in [2.75, 3.05) is 37.8 Å². The molecule has 3 heterocycles. The van der Waals surface area contributed by atoms with Gasteiger partial charge in [-0.15, -0.1) is 0 Å². The summed E-state index contributed by atoms with van der Waals surface area (Å²) in [4.78, 5) is 22.6. The molecule has 1 aliphatic heterocycles. The second-order valence-electron chi connectivity index (χ2n) is 10.5. The zero-order chi connectivity index (χ0) is 26.7. The van der Waals surface area contributed by atoms with Gasteiger partial charge in [0.2, 0.25) is 0 Å². The summed E-state index contributed by atoms with van der Waals surface area (Å²) in [6, 6.07) is 9.36. The smallest absolute Gasteiger partial charge is 0.411 e. The number of hydrogen-bond acceptors (Lipinski definition) is 9. The summed E-state index contributed by atoms with van der Waals surface area (Å²) in [5, 5.41) is 24.0. The number of anilines is 2. The first-order chi connectivity index (χ1) is 17.5. The van der Waals surface area contributed by atoms with Gasteiger partial charge in [-0.25, -0.2) is 14.8 Å². The van der Waals surface area contributed by atoms with Crippen molar-refractivity contribution < 1.29 is 24.5 Å². The normalized spacial score (nSPS) is 22.0. The number of rotatable bonds is 8. The maximum atomic E-state index is 12.1. The van der Waals surface area contributed by atoms with Gasteiger partial charge in [0, 0.05) is 25.0 Å². The minimum Gasteiger partial charge on any atom is -0.449 e. The first kappa shape index (κ1) is 26.8. The molecular formula is C26H36N6O5. The first-order valence-corrected chi connectivity index (χ1v) is 12.4. The number of carbonyl (C=O) groups is 1. The van der Waals surface area contributed by atoms with E-state index in [1.807, 2.05) is 36.2 Å². The number of pyridine rings is 1. The van der Waals surface area contributed by atoms with Crippen molar-refractivity contribution in [3.8, 4) is 0 Å². The van der Waals surface area contributed by atoms with E-state index in [0.717, 1.165) is 0 Å². The number of carbonyl (C=O) groups excluding carboxylic acids is 1. The van der Waals surface area contributed by atoms with Crippen LogP contribution in [0, 0.1) is 0 Å². The molecule has 37 heavy (non-hydrogen) atoms. The molecule has 2 aromatic heterocycles. The summed E-state index contributed by atoms with van der Waals surface area (Å²) in [5.74, 6) is 0. The maximum absolute atomic E-state index is 12.1. The molecule has 0 spiro atoms. The molecule has 1 aliphatic rings. The lowest BCUT2D eigenvalue weighted by atomic mass is 9.87. The second kappa shape index (κ2) is 11.0. The fourth-order valence-electron chi connectivity index (χ4n) is 4.35. The molecule has 5 N–H and O–H groups in total. The van der Waals surface area contributed by atoms with E-state index in [9.17, 15) is 15.0 Å². The van der Waals surface area contributed by atoms with E-state index in [0.29, 0.717) is 42.0 Å². The van der Waals surface area contributed by atoms with Crippen molar-refractivity contribution in [3.05, 3.63) is 48.4 Å². The highest BCUT2D eigenvalue weighted by Gasteiger charge is 2.44. The van der Waals surface area contributed by atoms with Crippen LogP contribution >= 0.6 is 0 Å². The molecule has 4 rings (SSSR count). The summed E-state index contributed by atoms with van der Waals surface area (Å²) in [6.07, 6.45) is -0.543. The SMILES string of the molecule is CN(CCCOC(=O)Nc1ccc(C(C)(C)C)cc1)C[C@H]1O[C@@H](n2cnc3c(N)ccnc32)[C@H](O)[C@@H]1O. The van der Waals surface area contributed by atoms with Crippen molar-refractivity contribution >= 4 is 28.6 Å². The largest absolute Gasteiger partial charge is 0.449 e. The lowest BCUT2D eigenvalue weighted by Gasteiger charge is -2.22. The monoisotopic (exact) mass is 512 g/mol. The van der Waals surface area contributed by atoms with Crippen molar-refractivity contribution in [3.63, 3.8) is 0 Å². The van der Waals surface area contributed by atoms with E-state index < -0.39 is 30.6 Å². The molecular weight excluding hydrogens is 476 g/mol. The molecule has 1 amide bonds. The molecule has 1 saturated heterocycles. The van der Waals surface area contributed by atoms with E-state index in [2.05, 4.69) is 36.1 Å². The number of benzene rings is 1. The zero-order valence-electron chi connectivity index (χ0n) is 21.7. The van der Waals surface area contributed by atoms with Gasteiger partial charge < -0.3 is 30.3 Å². The standard InChI is InChI=1S/C26H36N6O5/c1-26(2,3)16-6-8-17(9-7-16)30-25(35)36-13-5-12-31(4)14-19-21(33)22(34)24(37-19)32-15-29-20-18(27)10-11-28-23(20)32/h6-11,15,19,21-22,24,33-34H,5,12-14H2,1-4H3,(H2,27,28)(H,30,35)/t19-,21-,22-,24-/m1/s1. The Kier molecular flexibility index (Phi) is 7.98. The van der Waals surface area contributed by atoms with Crippen LogP contribution in [0.3, 0.4) is 0 Å². The number of nitrogens with two attached hydrogens (primary N) is 1. The third-order valence-electron chi connectivity index (χ3n) is 6.51.